The molecule has 0 aliphatic carbocycles. The van der Waals surface area contributed by atoms with Gasteiger partial charge in [-0.25, -0.2) is 4.98 Å². The number of carbonyl (C=O) groups excluding carboxylic acids is 1. The van der Waals surface area contributed by atoms with Crippen LogP contribution in [0.5, 0.6) is 5.88 Å². The zero-order valence-electron chi connectivity index (χ0n) is 11.9. The number of thiophene rings is 1. The van der Waals surface area contributed by atoms with E-state index in [0.717, 1.165) is 18.4 Å². The Hall–Kier alpha value is -2.39. The van der Waals surface area contributed by atoms with Gasteiger partial charge in [0, 0.05) is 37.5 Å². The number of carbonyl (C=O) groups is 1. The van der Waals surface area contributed by atoms with Crippen molar-refractivity contribution in [2.45, 2.75) is 18.9 Å². The fourth-order valence-electron chi connectivity index (χ4n) is 2.47. The molecule has 2 aromatic rings. The highest BCUT2D eigenvalue weighted by atomic mass is 32.1. The highest BCUT2D eigenvalue weighted by molar-refractivity contribution is 7.08. The van der Waals surface area contributed by atoms with Gasteiger partial charge in [-0.2, -0.15) is 16.6 Å². The Bertz CT molecular complexity index is 686. The van der Waals surface area contributed by atoms with E-state index in [0.29, 0.717) is 24.5 Å². The average Bonchev–Trinajstić information content (AvgIpc) is 3.10. The fourth-order valence-corrected chi connectivity index (χ4v) is 3.10. The van der Waals surface area contributed by atoms with Gasteiger partial charge in [-0.1, -0.05) is 0 Å². The highest BCUT2D eigenvalue weighted by Gasteiger charge is 2.25. The molecule has 6 heteroatoms. The zero-order valence-corrected chi connectivity index (χ0v) is 12.8. The van der Waals surface area contributed by atoms with Crippen molar-refractivity contribution in [1.82, 2.24) is 9.88 Å². The van der Waals surface area contributed by atoms with Gasteiger partial charge in [0.05, 0.1) is 5.56 Å². The fraction of sp³-hybridized carbons (Fsp3) is 0.312. The summed E-state index contributed by atoms with van der Waals surface area (Å²) in [5.41, 5.74) is 1.19. The maximum absolute atomic E-state index is 12.3. The normalized spacial score (nSPS) is 15.3. The Morgan fingerprint density at radius 2 is 2.23 bits per heavy atom. The molecule has 1 aliphatic rings. The first-order valence-corrected chi connectivity index (χ1v) is 8.05. The van der Waals surface area contributed by atoms with Crippen LogP contribution in [0.4, 0.5) is 0 Å². The second-order valence-electron chi connectivity index (χ2n) is 5.09. The minimum Gasteiger partial charge on any atom is -0.473 e. The predicted molar refractivity (Wildman–Crippen MR) is 82.8 cm³/mol. The molecule has 1 aliphatic heterocycles. The predicted octanol–water partition coefficient (Wildman–Crippen LogP) is 2.70. The van der Waals surface area contributed by atoms with E-state index in [1.807, 2.05) is 21.7 Å². The van der Waals surface area contributed by atoms with Gasteiger partial charge in [0.15, 0.2) is 0 Å². The third-order valence-corrected chi connectivity index (χ3v) is 4.35. The number of pyridine rings is 1. The van der Waals surface area contributed by atoms with Crippen LogP contribution in [0.3, 0.4) is 0 Å². The van der Waals surface area contributed by atoms with E-state index in [1.165, 1.54) is 11.3 Å². The minimum atomic E-state index is -0.00600. The molecule has 0 atom stereocenters. The first kappa shape index (κ1) is 14.5. The molecule has 3 heterocycles. The van der Waals surface area contributed by atoms with E-state index >= 15 is 0 Å². The largest absolute Gasteiger partial charge is 0.473 e. The van der Waals surface area contributed by atoms with E-state index in [1.54, 1.807) is 18.3 Å². The second kappa shape index (κ2) is 6.58. The SMILES string of the molecule is N#Cc1cccnc1OC1CCN(C(=O)c2ccsc2)CC1. The Balaban J connectivity index is 1.58. The molecule has 0 unspecified atom stereocenters. The van der Waals surface area contributed by atoms with E-state index in [-0.39, 0.29) is 12.0 Å². The molecule has 0 aromatic carbocycles. The van der Waals surface area contributed by atoms with Crippen LogP contribution < -0.4 is 4.74 Å². The maximum Gasteiger partial charge on any atom is 0.254 e. The van der Waals surface area contributed by atoms with Crippen LogP contribution in [-0.2, 0) is 0 Å². The lowest BCUT2D eigenvalue weighted by Gasteiger charge is -2.31. The Morgan fingerprint density at radius 3 is 2.91 bits per heavy atom. The summed E-state index contributed by atoms with van der Waals surface area (Å²) in [6.07, 6.45) is 3.11. The van der Waals surface area contributed by atoms with Gasteiger partial charge in [0.1, 0.15) is 17.7 Å². The van der Waals surface area contributed by atoms with E-state index in [4.69, 9.17) is 10.00 Å². The third kappa shape index (κ3) is 3.10. The van der Waals surface area contributed by atoms with Crippen LogP contribution in [0, 0.1) is 11.3 Å². The number of nitrogens with zero attached hydrogens (tertiary/aromatic N) is 3. The van der Waals surface area contributed by atoms with Gasteiger partial charge in [-0.15, -0.1) is 0 Å². The second-order valence-corrected chi connectivity index (χ2v) is 5.87. The topological polar surface area (TPSA) is 66.2 Å². The molecule has 0 spiro atoms. The van der Waals surface area contributed by atoms with Crippen molar-refractivity contribution in [3.05, 3.63) is 46.3 Å². The summed E-state index contributed by atoms with van der Waals surface area (Å²) in [6, 6.07) is 7.34. The van der Waals surface area contributed by atoms with Gasteiger partial charge in [-0.05, 0) is 23.6 Å². The lowest BCUT2D eigenvalue weighted by atomic mass is 10.1. The molecule has 3 rings (SSSR count). The van der Waals surface area contributed by atoms with Crippen molar-refractivity contribution in [3.8, 4) is 11.9 Å². The number of amides is 1. The minimum absolute atomic E-state index is 0.00600. The van der Waals surface area contributed by atoms with Crippen LogP contribution in [0.1, 0.15) is 28.8 Å². The van der Waals surface area contributed by atoms with Gasteiger partial charge in [0.2, 0.25) is 5.88 Å². The number of nitriles is 1. The van der Waals surface area contributed by atoms with Crippen LogP contribution in [0.25, 0.3) is 0 Å². The third-order valence-electron chi connectivity index (χ3n) is 3.67. The summed E-state index contributed by atoms with van der Waals surface area (Å²) in [4.78, 5) is 18.2. The molecule has 0 N–H and O–H groups in total. The maximum atomic E-state index is 12.3. The summed E-state index contributed by atoms with van der Waals surface area (Å²) in [5.74, 6) is 0.461. The Morgan fingerprint density at radius 1 is 1.41 bits per heavy atom. The zero-order chi connectivity index (χ0) is 15.4. The standard InChI is InChI=1S/C16H15N3O2S/c17-10-12-2-1-6-18-15(12)21-14-3-7-19(8-4-14)16(20)13-5-9-22-11-13/h1-2,5-6,9,11,14H,3-4,7-8H2. The number of ether oxygens (including phenoxy) is 1. The molecule has 112 valence electrons. The average molecular weight is 313 g/mol. The van der Waals surface area contributed by atoms with E-state index in [2.05, 4.69) is 11.1 Å². The first-order chi connectivity index (χ1) is 10.8. The number of hydrogen-bond acceptors (Lipinski definition) is 5. The van der Waals surface area contributed by atoms with E-state index < -0.39 is 0 Å². The lowest BCUT2D eigenvalue weighted by molar-refractivity contribution is 0.0588. The van der Waals surface area contributed by atoms with Crippen LogP contribution >= 0.6 is 11.3 Å². The van der Waals surface area contributed by atoms with E-state index in [9.17, 15) is 4.79 Å². The number of aromatic nitrogens is 1. The van der Waals surface area contributed by atoms with Crippen molar-refractivity contribution in [3.63, 3.8) is 0 Å². The first-order valence-electron chi connectivity index (χ1n) is 7.11. The molecule has 1 amide bonds. The van der Waals surface area contributed by atoms with Crippen molar-refractivity contribution < 1.29 is 9.53 Å². The smallest absolute Gasteiger partial charge is 0.254 e. The Labute approximate surface area is 132 Å². The molecule has 0 saturated carbocycles. The van der Waals surface area contributed by atoms with Crippen molar-refractivity contribution in [2.24, 2.45) is 0 Å². The molecule has 0 radical (unpaired) electrons. The van der Waals surface area contributed by atoms with Crippen molar-refractivity contribution in [1.29, 1.82) is 5.26 Å². The number of hydrogen-bond donors (Lipinski definition) is 0. The lowest BCUT2D eigenvalue weighted by Crippen LogP contribution is -2.41. The van der Waals surface area contributed by atoms with Gasteiger partial charge >= 0.3 is 0 Å². The van der Waals surface area contributed by atoms with Gasteiger partial charge in [-0.3, -0.25) is 4.79 Å². The molecular formula is C16H15N3O2S. The number of likely N-dealkylation sites (tertiary alicyclic amines) is 1. The van der Waals surface area contributed by atoms with Gasteiger partial charge in [0.25, 0.3) is 5.91 Å². The quantitative estimate of drug-likeness (QED) is 0.874. The molecule has 22 heavy (non-hydrogen) atoms. The van der Waals surface area contributed by atoms with Crippen LogP contribution in [0.2, 0.25) is 0 Å². The summed E-state index contributed by atoms with van der Waals surface area (Å²) in [5, 5.41) is 12.8. The van der Waals surface area contributed by atoms with Crippen molar-refractivity contribution in [2.75, 3.05) is 13.1 Å². The number of rotatable bonds is 3. The molecule has 0 bridgehead atoms. The Kier molecular flexibility index (Phi) is 4.35. The molecule has 5 nitrogen and oxygen atoms in total. The van der Waals surface area contributed by atoms with Crippen molar-refractivity contribution >= 4 is 17.2 Å². The summed E-state index contributed by atoms with van der Waals surface area (Å²) < 4.78 is 5.83. The van der Waals surface area contributed by atoms with Crippen LogP contribution in [-0.4, -0.2) is 35.0 Å². The van der Waals surface area contributed by atoms with Crippen LogP contribution in [0.15, 0.2) is 35.2 Å². The highest BCUT2D eigenvalue weighted by Crippen LogP contribution is 2.21. The van der Waals surface area contributed by atoms with Gasteiger partial charge < -0.3 is 9.64 Å². The molecular weight excluding hydrogens is 298 g/mol. The molecule has 2 aromatic heterocycles. The molecule has 1 fully saturated rings. The molecule has 1 saturated heterocycles. The monoisotopic (exact) mass is 313 g/mol. The summed E-state index contributed by atoms with van der Waals surface area (Å²) in [6.45, 7) is 1.32. The summed E-state index contributed by atoms with van der Waals surface area (Å²) in [7, 11) is 0. The summed E-state index contributed by atoms with van der Waals surface area (Å²) >= 11 is 1.53. The number of piperidine rings is 1.